The van der Waals surface area contributed by atoms with E-state index < -0.39 is 40.0 Å². The fourth-order valence-corrected chi connectivity index (χ4v) is 7.15. The summed E-state index contributed by atoms with van der Waals surface area (Å²) in [7, 11) is -4.28. The minimum atomic E-state index is -4.28. The molecule has 4 aromatic carbocycles. The van der Waals surface area contributed by atoms with E-state index in [1.807, 2.05) is 58.0 Å². The van der Waals surface area contributed by atoms with Gasteiger partial charge in [-0.2, -0.15) is 0 Å². The Balaban J connectivity index is 1.87. The molecule has 0 unspecified atom stereocenters. The van der Waals surface area contributed by atoms with E-state index in [9.17, 15) is 18.0 Å². The third kappa shape index (κ3) is 9.51. The quantitative estimate of drug-likeness (QED) is 0.171. The van der Waals surface area contributed by atoms with Crippen molar-refractivity contribution in [3.63, 3.8) is 0 Å². The van der Waals surface area contributed by atoms with E-state index in [4.69, 9.17) is 34.8 Å². The fourth-order valence-electron chi connectivity index (χ4n) is 5.04. The van der Waals surface area contributed by atoms with E-state index in [-0.39, 0.29) is 23.5 Å². The Morgan fingerprint density at radius 3 is 2.06 bits per heavy atom. The molecule has 0 aliphatic heterocycles. The van der Waals surface area contributed by atoms with Gasteiger partial charge in [0.2, 0.25) is 11.8 Å². The Morgan fingerprint density at radius 1 is 0.830 bits per heavy atom. The van der Waals surface area contributed by atoms with Gasteiger partial charge in [0.15, 0.2) is 0 Å². The first-order valence-electron chi connectivity index (χ1n) is 15.0. The predicted octanol–water partition coefficient (Wildman–Crippen LogP) is 8.01. The lowest BCUT2D eigenvalue weighted by Gasteiger charge is -2.35. The van der Waals surface area contributed by atoms with Crippen LogP contribution in [0.1, 0.15) is 43.0 Å². The number of rotatable bonds is 11. The highest BCUT2D eigenvalue weighted by molar-refractivity contribution is 7.92. The average Bonchev–Trinajstić information content (AvgIpc) is 2.99. The van der Waals surface area contributed by atoms with Crippen molar-refractivity contribution in [1.82, 2.24) is 10.2 Å². The number of hydrogen-bond donors (Lipinski definition) is 1. The van der Waals surface area contributed by atoms with Crippen LogP contribution in [0.2, 0.25) is 15.1 Å². The lowest BCUT2D eigenvalue weighted by molar-refractivity contribution is -0.140. The number of nitrogens with one attached hydrogen (secondary N) is 1. The molecular weight excluding hydrogens is 677 g/mol. The summed E-state index contributed by atoms with van der Waals surface area (Å²) < 4.78 is 29.6. The largest absolute Gasteiger partial charge is 0.350 e. The van der Waals surface area contributed by atoms with Crippen LogP contribution < -0.4 is 9.62 Å². The lowest BCUT2D eigenvalue weighted by atomic mass is 10.0. The number of benzene rings is 4. The molecule has 0 saturated heterocycles. The van der Waals surface area contributed by atoms with Gasteiger partial charge in [-0.1, -0.05) is 95.0 Å². The number of hydrogen-bond acceptors (Lipinski definition) is 4. The Bertz CT molecular complexity index is 1840. The van der Waals surface area contributed by atoms with Gasteiger partial charge >= 0.3 is 0 Å². The molecule has 0 radical (unpaired) electrons. The van der Waals surface area contributed by atoms with Gasteiger partial charge in [0.05, 0.1) is 10.6 Å². The van der Waals surface area contributed by atoms with Crippen LogP contribution in [0, 0.1) is 13.8 Å². The van der Waals surface area contributed by atoms with Crippen LogP contribution in [0.15, 0.2) is 95.9 Å². The summed E-state index contributed by atoms with van der Waals surface area (Å²) in [5, 5.41) is 4.03. The second-order valence-electron chi connectivity index (χ2n) is 12.5. The Hall–Kier alpha value is -3.56. The Morgan fingerprint density at radius 2 is 1.45 bits per heavy atom. The number of amides is 2. The number of carbonyl (C=O) groups excluding carboxylic acids is 2. The fraction of sp³-hybridized carbons (Fsp3) is 0.278. The van der Waals surface area contributed by atoms with E-state index in [1.54, 1.807) is 49.4 Å². The van der Waals surface area contributed by atoms with Crippen LogP contribution >= 0.6 is 34.8 Å². The van der Waals surface area contributed by atoms with Crippen LogP contribution in [0.3, 0.4) is 0 Å². The maximum absolute atomic E-state index is 14.7. The second kappa shape index (κ2) is 15.1. The number of sulfonamides is 1. The SMILES string of the molecule is Cc1ccc(S(=O)(=O)N(CC(=O)N(Cc2ccc(Cl)cc2Cl)[C@@H](Cc2ccccc2)C(=O)NC(C)(C)C)c2cc(Cl)ccc2C)cc1. The smallest absolute Gasteiger partial charge is 0.264 e. The summed E-state index contributed by atoms with van der Waals surface area (Å²) in [6, 6.07) is 24.5. The number of aryl methyl sites for hydroxylation is 2. The average molecular weight is 715 g/mol. The van der Waals surface area contributed by atoms with Crippen LogP contribution in [0.25, 0.3) is 0 Å². The number of carbonyl (C=O) groups is 2. The molecule has 0 bridgehead atoms. The monoisotopic (exact) mass is 713 g/mol. The van der Waals surface area contributed by atoms with Gasteiger partial charge in [-0.3, -0.25) is 13.9 Å². The van der Waals surface area contributed by atoms with Gasteiger partial charge in [0.25, 0.3) is 10.0 Å². The van der Waals surface area contributed by atoms with E-state index in [0.29, 0.717) is 26.2 Å². The summed E-state index contributed by atoms with van der Waals surface area (Å²) in [5.74, 6) is -1.01. The van der Waals surface area contributed by atoms with Crippen molar-refractivity contribution in [2.45, 2.75) is 64.1 Å². The molecule has 7 nitrogen and oxygen atoms in total. The molecule has 1 atom stereocenters. The molecule has 4 rings (SSSR count). The first kappa shape index (κ1) is 36.3. The van der Waals surface area contributed by atoms with Crippen molar-refractivity contribution in [1.29, 1.82) is 0 Å². The van der Waals surface area contributed by atoms with Gasteiger partial charge in [0, 0.05) is 33.6 Å². The zero-order chi connectivity index (χ0) is 34.5. The van der Waals surface area contributed by atoms with Crippen molar-refractivity contribution in [2.75, 3.05) is 10.8 Å². The highest BCUT2D eigenvalue weighted by atomic mass is 35.5. The first-order valence-corrected chi connectivity index (χ1v) is 17.6. The topological polar surface area (TPSA) is 86.8 Å². The minimum absolute atomic E-state index is 0.00822. The number of halogens is 3. The summed E-state index contributed by atoms with van der Waals surface area (Å²) >= 11 is 19.1. The summed E-state index contributed by atoms with van der Waals surface area (Å²) in [6.45, 7) is 8.45. The van der Waals surface area contributed by atoms with Gasteiger partial charge in [-0.15, -0.1) is 0 Å². The molecule has 0 spiro atoms. The normalized spacial score (nSPS) is 12.3. The lowest BCUT2D eigenvalue weighted by Crippen LogP contribution is -2.56. The molecule has 0 heterocycles. The van der Waals surface area contributed by atoms with Crippen molar-refractivity contribution in [3.8, 4) is 0 Å². The molecule has 47 heavy (non-hydrogen) atoms. The van der Waals surface area contributed by atoms with Gasteiger partial charge in [0.1, 0.15) is 12.6 Å². The molecule has 248 valence electrons. The molecule has 0 saturated carbocycles. The van der Waals surface area contributed by atoms with Crippen LogP contribution in [-0.2, 0) is 32.6 Å². The number of nitrogens with zero attached hydrogens (tertiary/aromatic N) is 2. The van der Waals surface area contributed by atoms with Crippen LogP contribution in [-0.4, -0.2) is 43.3 Å². The molecule has 2 amide bonds. The summed E-state index contributed by atoms with van der Waals surface area (Å²) in [4.78, 5) is 30.1. The van der Waals surface area contributed by atoms with Crippen molar-refractivity contribution in [2.24, 2.45) is 0 Å². The third-order valence-corrected chi connectivity index (χ3v) is 10.0. The molecule has 0 aromatic heterocycles. The Labute approximate surface area is 292 Å². The summed E-state index contributed by atoms with van der Waals surface area (Å²) in [5.41, 5.74) is 2.46. The number of anilines is 1. The third-order valence-electron chi connectivity index (χ3n) is 7.45. The van der Waals surface area contributed by atoms with Gasteiger partial charge in [-0.25, -0.2) is 8.42 Å². The summed E-state index contributed by atoms with van der Waals surface area (Å²) in [6.07, 6.45) is 0.167. The van der Waals surface area contributed by atoms with E-state index in [1.165, 1.54) is 23.1 Å². The minimum Gasteiger partial charge on any atom is -0.350 e. The predicted molar refractivity (Wildman–Crippen MR) is 191 cm³/mol. The van der Waals surface area contributed by atoms with Crippen LogP contribution in [0.4, 0.5) is 5.69 Å². The van der Waals surface area contributed by atoms with E-state index in [0.717, 1.165) is 15.4 Å². The molecule has 0 aliphatic rings. The molecule has 0 fully saturated rings. The van der Waals surface area contributed by atoms with Crippen molar-refractivity contribution >= 4 is 62.3 Å². The second-order valence-corrected chi connectivity index (χ2v) is 15.6. The maximum Gasteiger partial charge on any atom is 0.264 e. The standard InChI is InChI=1S/C36H38Cl3N3O4S/c1-24-11-17-30(18-12-24)47(45,46)42(32-21-29(38)15-13-25(32)2)23-34(43)41(22-27-14-16-28(37)20-31(27)39)33(35(44)40-36(3,4)5)19-26-9-7-6-8-10-26/h6-18,20-21,33H,19,22-23H2,1-5H3,(H,40,44)/t33-/m0/s1. The highest BCUT2D eigenvalue weighted by Gasteiger charge is 2.36. The van der Waals surface area contributed by atoms with Gasteiger partial charge in [-0.05, 0) is 87.7 Å². The van der Waals surface area contributed by atoms with Crippen LogP contribution in [0.5, 0.6) is 0 Å². The molecule has 11 heteroatoms. The maximum atomic E-state index is 14.7. The molecule has 4 aromatic rings. The molecular formula is C36H38Cl3N3O4S. The van der Waals surface area contributed by atoms with E-state index >= 15 is 0 Å². The van der Waals surface area contributed by atoms with E-state index in [2.05, 4.69) is 5.32 Å². The highest BCUT2D eigenvalue weighted by Crippen LogP contribution is 2.31. The van der Waals surface area contributed by atoms with Gasteiger partial charge < -0.3 is 10.2 Å². The molecule has 1 N–H and O–H groups in total. The zero-order valence-electron chi connectivity index (χ0n) is 26.9. The molecule has 0 aliphatic carbocycles. The van der Waals surface area contributed by atoms with Crippen molar-refractivity contribution < 1.29 is 18.0 Å². The first-order chi connectivity index (χ1) is 22.0. The van der Waals surface area contributed by atoms with Crippen molar-refractivity contribution in [3.05, 3.63) is 128 Å². The zero-order valence-corrected chi connectivity index (χ0v) is 30.0. The Kier molecular flexibility index (Phi) is 11.7.